The van der Waals surface area contributed by atoms with Gasteiger partial charge in [0.2, 0.25) is 0 Å². The molecule has 0 aliphatic rings. The topological polar surface area (TPSA) is 35.9 Å². The summed E-state index contributed by atoms with van der Waals surface area (Å²) in [4.78, 5) is 4.50. The molecule has 0 fully saturated rings. The van der Waals surface area contributed by atoms with Gasteiger partial charge in [0.1, 0.15) is 12.4 Å². The average Bonchev–Trinajstić information content (AvgIpc) is 2.44. The molecule has 1 rings (SSSR count). The zero-order valence-corrected chi connectivity index (χ0v) is 13.5. The lowest BCUT2D eigenvalue weighted by atomic mass is 10.1. The summed E-state index contributed by atoms with van der Waals surface area (Å²) in [6.45, 7) is 2.89. The van der Waals surface area contributed by atoms with Gasteiger partial charge in [0.15, 0.2) is 0 Å². The Morgan fingerprint density at radius 1 is 1.19 bits per heavy atom. The second-order valence-corrected chi connectivity index (χ2v) is 5.39. The lowest BCUT2D eigenvalue weighted by molar-refractivity contribution is 0.294. The number of hydrogen-bond donors (Lipinski definition) is 1. The van der Waals surface area contributed by atoms with Crippen molar-refractivity contribution in [3.05, 3.63) is 29.3 Å². The van der Waals surface area contributed by atoms with Gasteiger partial charge in [0.05, 0.1) is 12.7 Å². The Kier molecular flexibility index (Phi) is 7.84. The zero-order valence-electron chi connectivity index (χ0n) is 13.5. The largest absolute Gasteiger partial charge is 0.495 e. The minimum absolute atomic E-state index is 0.141. The summed E-state index contributed by atoms with van der Waals surface area (Å²) < 4.78 is 5.29. The Labute approximate surface area is 128 Å². The summed E-state index contributed by atoms with van der Waals surface area (Å²) in [5, 5.41) is 8.82. The van der Waals surface area contributed by atoms with Gasteiger partial charge in [-0.15, -0.1) is 0 Å². The molecule has 0 unspecified atom stereocenters. The molecule has 0 aliphatic carbocycles. The van der Waals surface area contributed by atoms with Crippen molar-refractivity contribution >= 4 is 0 Å². The van der Waals surface area contributed by atoms with E-state index < -0.39 is 0 Å². The Bertz CT molecular complexity index is 489. The van der Waals surface area contributed by atoms with Crippen LogP contribution in [0.4, 0.5) is 0 Å². The number of methoxy groups -OCH3 is 1. The van der Waals surface area contributed by atoms with Crippen molar-refractivity contribution in [2.24, 2.45) is 0 Å². The van der Waals surface area contributed by atoms with Crippen molar-refractivity contribution < 1.29 is 9.84 Å². The van der Waals surface area contributed by atoms with Gasteiger partial charge in [-0.05, 0) is 58.3 Å². The highest BCUT2D eigenvalue weighted by molar-refractivity contribution is 5.48. The molecule has 0 aromatic heterocycles. The fourth-order valence-corrected chi connectivity index (χ4v) is 2.13. The second-order valence-electron chi connectivity index (χ2n) is 5.39. The van der Waals surface area contributed by atoms with Gasteiger partial charge in [0, 0.05) is 6.54 Å². The summed E-state index contributed by atoms with van der Waals surface area (Å²) >= 11 is 0. The highest BCUT2D eigenvalue weighted by atomic mass is 16.5. The summed E-state index contributed by atoms with van der Waals surface area (Å²) in [6.07, 6.45) is 1.15. The van der Waals surface area contributed by atoms with E-state index in [1.165, 1.54) is 5.56 Å². The Morgan fingerprint density at radius 3 is 2.57 bits per heavy atom. The molecule has 0 bridgehead atoms. The summed E-state index contributed by atoms with van der Waals surface area (Å²) in [6, 6.07) is 6.03. The van der Waals surface area contributed by atoms with E-state index in [2.05, 4.69) is 48.9 Å². The van der Waals surface area contributed by atoms with Gasteiger partial charge in [-0.3, -0.25) is 0 Å². The fourth-order valence-electron chi connectivity index (χ4n) is 2.13. The Balaban J connectivity index is 2.66. The molecule has 116 valence electrons. The lowest BCUT2D eigenvalue weighted by Gasteiger charge is -2.18. The first-order valence-electron chi connectivity index (χ1n) is 7.16. The molecular weight excluding hydrogens is 264 g/mol. The van der Waals surface area contributed by atoms with Gasteiger partial charge in [-0.25, -0.2) is 0 Å². The van der Waals surface area contributed by atoms with Crippen LogP contribution in [0, 0.1) is 11.8 Å². The van der Waals surface area contributed by atoms with Crippen LogP contribution < -0.4 is 4.74 Å². The molecule has 4 heteroatoms. The molecule has 0 atom stereocenters. The first-order chi connectivity index (χ1) is 10.1. The van der Waals surface area contributed by atoms with Crippen LogP contribution >= 0.6 is 0 Å². The zero-order chi connectivity index (χ0) is 15.7. The monoisotopic (exact) mass is 290 g/mol. The van der Waals surface area contributed by atoms with Gasteiger partial charge in [0.25, 0.3) is 0 Å². The third kappa shape index (κ3) is 6.63. The van der Waals surface area contributed by atoms with E-state index in [0.29, 0.717) is 0 Å². The van der Waals surface area contributed by atoms with Crippen molar-refractivity contribution in [1.29, 1.82) is 0 Å². The first kappa shape index (κ1) is 17.5. The maximum absolute atomic E-state index is 8.82. The SMILES string of the molecule is COc1ccc(CN(C)CCCN(C)C)cc1C#CCO. The van der Waals surface area contributed by atoms with Gasteiger partial charge < -0.3 is 19.6 Å². The number of rotatable bonds is 7. The predicted octanol–water partition coefficient (Wildman–Crippen LogP) is 1.42. The van der Waals surface area contributed by atoms with E-state index >= 15 is 0 Å². The smallest absolute Gasteiger partial charge is 0.134 e. The molecule has 4 nitrogen and oxygen atoms in total. The maximum atomic E-state index is 8.82. The van der Waals surface area contributed by atoms with E-state index in [-0.39, 0.29) is 6.61 Å². The van der Waals surface area contributed by atoms with Crippen LogP contribution in [0.5, 0.6) is 5.75 Å². The summed E-state index contributed by atoms with van der Waals surface area (Å²) in [5.74, 6) is 6.35. The van der Waals surface area contributed by atoms with Crippen LogP contribution in [-0.4, -0.2) is 62.9 Å². The fraction of sp³-hybridized carbons (Fsp3) is 0.529. The lowest BCUT2D eigenvalue weighted by Crippen LogP contribution is -2.23. The third-order valence-corrected chi connectivity index (χ3v) is 3.16. The van der Waals surface area contributed by atoms with Crippen molar-refractivity contribution in [2.75, 3.05) is 47.9 Å². The van der Waals surface area contributed by atoms with Gasteiger partial charge in [-0.1, -0.05) is 17.9 Å². The molecular formula is C17H26N2O2. The van der Waals surface area contributed by atoms with Crippen LogP contribution in [0.1, 0.15) is 17.5 Å². The molecule has 1 aromatic rings. The van der Waals surface area contributed by atoms with Crippen molar-refractivity contribution in [3.8, 4) is 17.6 Å². The minimum Gasteiger partial charge on any atom is -0.495 e. The van der Waals surface area contributed by atoms with Crippen LogP contribution in [-0.2, 0) is 6.54 Å². The van der Waals surface area contributed by atoms with Gasteiger partial charge in [-0.2, -0.15) is 0 Å². The predicted molar refractivity (Wildman–Crippen MR) is 86.5 cm³/mol. The van der Waals surface area contributed by atoms with Crippen molar-refractivity contribution in [1.82, 2.24) is 9.80 Å². The van der Waals surface area contributed by atoms with Crippen LogP contribution in [0.25, 0.3) is 0 Å². The number of aliphatic hydroxyl groups is 1. The molecule has 0 saturated carbocycles. The van der Waals surface area contributed by atoms with E-state index in [0.717, 1.165) is 37.4 Å². The Hall–Kier alpha value is -1.54. The standard InChI is InChI=1S/C17H26N2O2/c1-18(2)10-6-11-19(3)14-15-8-9-17(21-4)16(13-15)7-5-12-20/h8-9,13,20H,6,10-12,14H2,1-4H3. The number of benzene rings is 1. The van der Waals surface area contributed by atoms with Crippen LogP contribution in [0.15, 0.2) is 18.2 Å². The quantitative estimate of drug-likeness (QED) is 0.771. The second kappa shape index (κ2) is 9.41. The molecule has 1 aromatic carbocycles. The van der Waals surface area contributed by atoms with Gasteiger partial charge >= 0.3 is 0 Å². The summed E-state index contributed by atoms with van der Waals surface area (Å²) in [5.41, 5.74) is 2.02. The molecule has 0 spiro atoms. The van der Waals surface area contributed by atoms with E-state index in [4.69, 9.17) is 9.84 Å². The minimum atomic E-state index is -0.141. The van der Waals surface area contributed by atoms with Crippen LogP contribution in [0.3, 0.4) is 0 Å². The summed E-state index contributed by atoms with van der Waals surface area (Å²) in [7, 11) is 7.94. The molecule has 0 saturated heterocycles. The highest BCUT2D eigenvalue weighted by Crippen LogP contribution is 2.19. The number of aliphatic hydroxyl groups excluding tert-OH is 1. The van der Waals surface area contributed by atoms with E-state index in [9.17, 15) is 0 Å². The molecule has 0 heterocycles. The van der Waals surface area contributed by atoms with E-state index in [1.807, 2.05) is 12.1 Å². The Morgan fingerprint density at radius 2 is 1.95 bits per heavy atom. The molecule has 1 N–H and O–H groups in total. The highest BCUT2D eigenvalue weighted by Gasteiger charge is 2.05. The number of ether oxygens (including phenoxy) is 1. The van der Waals surface area contributed by atoms with E-state index in [1.54, 1.807) is 7.11 Å². The molecule has 0 amide bonds. The number of hydrogen-bond acceptors (Lipinski definition) is 4. The third-order valence-electron chi connectivity index (χ3n) is 3.16. The first-order valence-corrected chi connectivity index (χ1v) is 7.16. The van der Waals surface area contributed by atoms with Crippen molar-refractivity contribution in [2.45, 2.75) is 13.0 Å². The molecule has 21 heavy (non-hydrogen) atoms. The number of nitrogens with zero attached hydrogens (tertiary/aromatic N) is 2. The van der Waals surface area contributed by atoms with Crippen LogP contribution in [0.2, 0.25) is 0 Å². The molecule has 0 aliphatic heterocycles. The average molecular weight is 290 g/mol. The molecule has 0 radical (unpaired) electrons. The normalized spacial score (nSPS) is 10.6. The maximum Gasteiger partial charge on any atom is 0.134 e. The van der Waals surface area contributed by atoms with Crippen molar-refractivity contribution in [3.63, 3.8) is 0 Å².